The van der Waals surface area contributed by atoms with E-state index in [0.717, 1.165) is 22.3 Å². The highest BCUT2D eigenvalue weighted by Gasteiger charge is 2.24. The number of hydrogen-bond acceptors (Lipinski definition) is 18. The number of rotatable bonds is 13. The highest BCUT2D eigenvalue weighted by atomic mass is 16.5. The molecule has 2 aliphatic heterocycles. The van der Waals surface area contributed by atoms with E-state index in [0.29, 0.717) is 104 Å². The Morgan fingerprint density at radius 2 is 1.60 bits per heavy atom. The quantitative estimate of drug-likeness (QED) is 0.103. The minimum atomic E-state index is -0.402. The molecule has 62 heavy (non-hydrogen) atoms. The Balaban J connectivity index is 0.722. The maximum atomic E-state index is 13.2. The summed E-state index contributed by atoms with van der Waals surface area (Å²) in [5.74, 6) is 1.12. The van der Waals surface area contributed by atoms with Crippen molar-refractivity contribution in [3.05, 3.63) is 89.1 Å². The van der Waals surface area contributed by atoms with Crippen molar-refractivity contribution >= 4 is 63.5 Å². The minimum absolute atomic E-state index is 0.00370. The lowest BCUT2D eigenvalue weighted by molar-refractivity contribution is -0.133. The predicted molar refractivity (Wildman–Crippen MR) is 230 cm³/mol. The average Bonchev–Trinajstić information content (AvgIpc) is 3.86. The Bertz CT molecular complexity index is 2770. The van der Waals surface area contributed by atoms with Gasteiger partial charge in [-0.25, -0.2) is 29.6 Å². The summed E-state index contributed by atoms with van der Waals surface area (Å²) < 4.78 is 13.0. The van der Waals surface area contributed by atoms with E-state index in [2.05, 4.69) is 57.2 Å². The van der Waals surface area contributed by atoms with E-state index in [1.165, 1.54) is 18.1 Å². The Morgan fingerprint density at radius 3 is 2.39 bits per heavy atom. The minimum Gasteiger partial charge on any atom is -0.424 e. The van der Waals surface area contributed by atoms with Crippen molar-refractivity contribution < 1.29 is 18.7 Å². The van der Waals surface area contributed by atoms with Crippen molar-refractivity contribution in [3.63, 3.8) is 0 Å². The predicted octanol–water partition coefficient (Wildman–Crippen LogP) is 1.52. The maximum Gasteiger partial charge on any atom is 0.292 e. The van der Waals surface area contributed by atoms with Gasteiger partial charge in [0.1, 0.15) is 29.2 Å². The zero-order valence-electron chi connectivity index (χ0n) is 33.8. The molecule has 7 aromatic rings. The van der Waals surface area contributed by atoms with E-state index >= 15 is 0 Å². The molecule has 21 nitrogen and oxygen atoms in total. The number of nitrogens with one attached hydrogen (secondary N) is 1. The van der Waals surface area contributed by atoms with Gasteiger partial charge >= 0.3 is 0 Å². The first-order chi connectivity index (χ1) is 30.2. The second-order valence-corrected chi connectivity index (χ2v) is 15.0. The number of benzene rings is 2. The van der Waals surface area contributed by atoms with E-state index in [9.17, 15) is 9.59 Å². The Labute approximate surface area is 354 Å². The maximum absolute atomic E-state index is 13.2. The molecular formula is C41H45N17O4. The molecule has 0 aliphatic carbocycles. The van der Waals surface area contributed by atoms with E-state index in [4.69, 9.17) is 37.2 Å². The summed E-state index contributed by atoms with van der Waals surface area (Å²) in [6.45, 7) is 5.27. The molecule has 318 valence electrons. The summed E-state index contributed by atoms with van der Waals surface area (Å²) in [5, 5.41) is 8.36. The number of carbonyl (C=O) groups excluding carboxylic acids is 2. The number of oxazole rings is 1. The first kappa shape index (κ1) is 39.9. The highest BCUT2D eigenvalue weighted by molar-refractivity contribution is 6.00. The molecule has 2 aliphatic rings. The lowest BCUT2D eigenvalue weighted by Gasteiger charge is -2.34. The fourth-order valence-electron chi connectivity index (χ4n) is 7.71. The molecule has 2 amide bonds. The third-order valence-corrected chi connectivity index (χ3v) is 11.0. The Kier molecular flexibility index (Phi) is 11.1. The number of hydrogen-bond donors (Lipinski definition) is 5. The topological polar surface area (TPSA) is 290 Å². The number of anilines is 5. The van der Waals surface area contributed by atoms with E-state index in [1.54, 1.807) is 18.5 Å². The monoisotopic (exact) mass is 839 g/mol. The van der Waals surface area contributed by atoms with Gasteiger partial charge in [0, 0.05) is 82.1 Å². The van der Waals surface area contributed by atoms with Gasteiger partial charge in [0.05, 0.1) is 37.1 Å². The molecule has 9 rings (SSSR count). The van der Waals surface area contributed by atoms with Gasteiger partial charge in [0.25, 0.3) is 11.9 Å². The van der Waals surface area contributed by atoms with Gasteiger partial charge < -0.3 is 52.1 Å². The van der Waals surface area contributed by atoms with Gasteiger partial charge in [0.15, 0.2) is 11.2 Å². The van der Waals surface area contributed by atoms with Crippen molar-refractivity contribution in [2.24, 2.45) is 5.73 Å². The van der Waals surface area contributed by atoms with Crippen LogP contribution < -0.4 is 38.1 Å². The number of nitrogens with zero attached hydrogens (tertiary/aromatic N) is 12. The summed E-state index contributed by atoms with van der Waals surface area (Å²) in [6.07, 6.45) is 7.28. The van der Waals surface area contributed by atoms with Gasteiger partial charge in [0.2, 0.25) is 17.8 Å². The van der Waals surface area contributed by atoms with Gasteiger partial charge in [-0.2, -0.15) is 15.1 Å². The number of carbonyl (C=O) groups is 2. The van der Waals surface area contributed by atoms with E-state index in [-0.39, 0.29) is 49.5 Å². The van der Waals surface area contributed by atoms with Crippen LogP contribution in [0.2, 0.25) is 0 Å². The van der Waals surface area contributed by atoms with Crippen LogP contribution in [0.4, 0.5) is 29.5 Å². The van der Waals surface area contributed by atoms with Gasteiger partial charge in [-0.3, -0.25) is 9.59 Å². The first-order valence-electron chi connectivity index (χ1n) is 20.2. The average molecular weight is 840 g/mol. The fraction of sp³-hybridized carbons (Fsp3) is 0.317. The molecule has 21 heteroatoms. The standard InChI is InChI=1S/C41H45N17O4/c42-17-25-18-47-40(48-19-25)55-9-11-56(12-10-55)41-49-20-29(35(43)53-41)38(60)46-7-14-61-13-6-32(59)57-8-5-26-15-24(1-2-28(26)22-57)21-58-37-33(36(44)50-23-51-37)34(54-58)27-3-4-31-30(16-27)52-39(45)62-31/h1-4,15-16,18-20,23H,5-14,17,21-22,42H2,(H2,45,52)(H,46,60)(H2,43,49,53)(H2,44,50,51). The molecule has 0 spiro atoms. The van der Waals surface area contributed by atoms with Crippen LogP contribution in [0.5, 0.6) is 0 Å². The molecule has 0 atom stereocenters. The molecule has 2 aromatic carbocycles. The van der Waals surface area contributed by atoms with Crippen LogP contribution in [0, 0.1) is 0 Å². The number of aromatic nitrogens is 9. The van der Waals surface area contributed by atoms with Crippen LogP contribution >= 0.6 is 0 Å². The molecular weight excluding hydrogens is 795 g/mol. The fourth-order valence-corrected chi connectivity index (χ4v) is 7.71. The zero-order chi connectivity index (χ0) is 42.7. The van der Waals surface area contributed by atoms with E-state index < -0.39 is 5.91 Å². The van der Waals surface area contributed by atoms with E-state index in [1.807, 2.05) is 32.7 Å². The molecule has 0 bridgehead atoms. The van der Waals surface area contributed by atoms with Crippen LogP contribution in [0.1, 0.15) is 39.0 Å². The second-order valence-electron chi connectivity index (χ2n) is 15.0. The number of amides is 2. The van der Waals surface area contributed by atoms with Crippen LogP contribution in [-0.4, -0.2) is 114 Å². The summed E-state index contributed by atoms with van der Waals surface area (Å²) in [7, 11) is 0. The molecule has 1 fully saturated rings. The van der Waals surface area contributed by atoms with Crippen molar-refractivity contribution in [2.45, 2.75) is 32.5 Å². The number of nitrogens with two attached hydrogens (primary N) is 4. The normalized spacial score (nSPS) is 14.1. The van der Waals surface area contributed by atoms with Crippen LogP contribution in [0.15, 0.2) is 65.7 Å². The molecule has 0 unspecified atom stereocenters. The Hall–Kier alpha value is -7.52. The van der Waals surface area contributed by atoms with Crippen LogP contribution in [0.25, 0.3) is 33.4 Å². The molecule has 9 N–H and O–H groups in total. The van der Waals surface area contributed by atoms with Crippen LogP contribution in [0.3, 0.4) is 0 Å². The summed E-state index contributed by atoms with van der Waals surface area (Å²) in [6, 6.07) is 11.9. The van der Waals surface area contributed by atoms with Gasteiger partial charge in [-0.1, -0.05) is 18.2 Å². The largest absolute Gasteiger partial charge is 0.424 e. The first-order valence-corrected chi connectivity index (χ1v) is 20.2. The van der Waals surface area contributed by atoms with Crippen molar-refractivity contribution in [3.8, 4) is 11.3 Å². The molecule has 0 radical (unpaired) electrons. The summed E-state index contributed by atoms with van der Waals surface area (Å²) in [5.41, 5.74) is 31.5. The number of fused-ring (bicyclic) bond motifs is 3. The SMILES string of the molecule is NCc1cnc(N2CCN(c3ncc(C(=O)NCCOCCC(=O)N4CCc5cc(Cn6nc(-c7ccc8oc(N)nc8c7)c7c(N)ncnc76)ccc5C4)c(N)n3)CC2)nc1. The molecule has 0 saturated carbocycles. The van der Waals surface area contributed by atoms with Crippen LogP contribution in [-0.2, 0) is 35.6 Å². The van der Waals surface area contributed by atoms with Crippen molar-refractivity contribution in [1.82, 2.24) is 54.9 Å². The molecule has 7 heterocycles. The summed E-state index contributed by atoms with van der Waals surface area (Å²) >= 11 is 0. The summed E-state index contributed by atoms with van der Waals surface area (Å²) in [4.78, 5) is 62.6. The second kappa shape index (κ2) is 17.2. The Morgan fingerprint density at radius 1 is 0.806 bits per heavy atom. The number of piperazine rings is 1. The molecule has 1 saturated heterocycles. The number of ether oxygens (including phenoxy) is 1. The molecule has 5 aromatic heterocycles. The van der Waals surface area contributed by atoms with Crippen molar-refractivity contribution in [1.29, 1.82) is 0 Å². The van der Waals surface area contributed by atoms with Gasteiger partial charge in [-0.05, 0) is 41.3 Å². The zero-order valence-corrected chi connectivity index (χ0v) is 33.8. The highest BCUT2D eigenvalue weighted by Crippen LogP contribution is 2.33. The smallest absolute Gasteiger partial charge is 0.292 e. The van der Waals surface area contributed by atoms with Gasteiger partial charge in [-0.15, -0.1) is 0 Å². The lowest BCUT2D eigenvalue weighted by atomic mass is 9.97. The third kappa shape index (κ3) is 8.30. The third-order valence-electron chi connectivity index (χ3n) is 11.0. The lowest BCUT2D eigenvalue weighted by Crippen LogP contribution is -2.47. The number of nitrogen functional groups attached to an aromatic ring is 3. The van der Waals surface area contributed by atoms with Crippen molar-refractivity contribution in [2.75, 3.05) is 79.5 Å².